The highest BCUT2D eigenvalue weighted by molar-refractivity contribution is 6.21. The van der Waals surface area contributed by atoms with Gasteiger partial charge in [-0.15, -0.1) is 0 Å². The number of fused-ring (bicyclic) bond motifs is 1. The molecule has 2 aromatic carbocycles. The molecule has 1 heterocycles. The second-order valence-electron chi connectivity index (χ2n) is 6.01. The van der Waals surface area contributed by atoms with Gasteiger partial charge in [0.2, 0.25) is 0 Å². The molecule has 2 aromatic rings. The zero-order chi connectivity index (χ0) is 19.4. The van der Waals surface area contributed by atoms with Crippen LogP contribution in [0.4, 0.5) is 5.69 Å². The maximum Gasteiger partial charge on any atom is 0.308 e. The summed E-state index contributed by atoms with van der Waals surface area (Å²) in [6.45, 7) is -0.500. The summed E-state index contributed by atoms with van der Waals surface area (Å²) in [7, 11) is 1.59. The molecule has 0 aliphatic carbocycles. The number of nitrogens with zero attached hydrogens (tertiary/aromatic N) is 2. The SMILES string of the molecule is CN(C(=O)COC(=O)CCN1C(=O)c2ccccc2C1=O)c1ccccc1. The predicted octanol–water partition coefficient (Wildman–Crippen LogP) is 1.88. The van der Waals surface area contributed by atoms with Gasteiger partial charge >= 0.3 is 5.97 Å². The van der Waals surface area contributed by atoms with Crippen molar-refractivity contribution < 1.29 is 23.9 Å². The summed E-state index contributed by atoms with van der Waals surface area (Å²) < 4.78 is 4.97. The van der Waals surface area contributed by atoms with Crippen molar-refractivity contribution in [2.45, 2.75) is 6.42 Å². The van der Waals surface area contributed by atoms with Crippen LogP contribution in [-0.2, 0) is 14.3 Å². The van der Waals surface area contributed by atoms with Crippen molar-refractivity contribution in [1.29, 1.82) is 0 Å². The molecular formula is C20H18N2O5. The van der Waals surface area contributed by atoms with E-state index in [2.05, 4.69) is 0 Å². The lowest BCUT2D eigenvalue weighted by atomic mass is 10.1. The molecule has 3 amide bonds. The van der Waals surface area contributed by atoms with E-state index < -0.39 is 24.4 Å². The Labute approximate surface area is 156 Å². The first-order chi connectivity index (χ1) is 13.0. The summed E-state index contributed by atoms with van der Waals surface area (Å²) in [5.41, 5.74) is 1.34. The first-order valence-corrected chi connectivity index (χ1v) is 8.41. The molecule has 1 aliphatic heterocycles. The number of benzene rings is 2. The first-order valence-electron chi connectivity index (χ1n) is 8.41. The molecule has 0 atom stereocenters. The summed E-state index contributed by atoms with van der Waals surface area (Å²) >= 11 is 0. The zero-order valence-electron chi connectivity index (χ0n) is 14.8. The lowest BCUT2D eigenvalue weighted by molar-refractivity contribution is -0.147. The molecule has 3 rings (SSSR count). The van der Waals surface area contributed by atoms with Crippen LogP contribution in [-0.4, -0.2) is 48.8 Å². The number of ether oxygens (including phenoxy) is 1. The number of rotatable bonds is 6. The molecule has 0 bridgehead atoms. The van der Waals surface area contributed by atoms with Crippen molar-refractivity contribution in [3.8, 4) is 0 Å². The van der Waals surface area contributed by atoms with Crippen LogP contribution in [0.2, 0.25) is 0 Å². The Balaban J connectivity index is 1.49. The molecule has 0 saturated carbocycles. The summed E-state index contributed by atoms with van der Waals surface area (Å²) in [5, 5.41) is 0. The van der Waals surface area contributed by atoms with Gasteiger partial charge in [0.1, 0.15) is 0 Å². The predicted molar refractivity (Wildman–Crippen MR) is 97.2 cm³/mol. The molecule has 27 heavy (non-hydrogen) atoms. The Morgan fingerprint density at radius 3 is 2.07 bits per heavy atom. The molecule has 0 radical (unpaired) electrons. The number of amides is 3. The second-order valence-corrected chi connectivity index (χ2v) is 6.01. The van der Waals surface area contributed by atoms with Crippen LogP contribution in [0.25, 0.3) is 0 Å². The zero-order valence-corrected chi connectivity index (χ0v) is 14.8. The minimum atomic E-state index is -0.652. The Bertz CT molecular complexity index is 859. The fourth-order valence-corrected chi connectivity index (χ4v) is 2.75. The number of anilines is 1. The molecule has 0 saturated heterocycles. The van der Waals surface area contributed by atoms with Crippen LogP contribution in [0.15, 0.2) is 54.6 Å². The van der Waals surface area contributed by atoms with Crippen molar-refractivity contribution >= 4 is 29.4 Å². The third kappa shape index (κ3) is 3.87. The Kier molecular flexibility index (Phi) is 5.30. The van der Waals surface area contributed by atoms with Crippen molar-refractivity contribution in [3.63, 3.8) is 0 Å². The average Bonchev–Trinajstić information content (AvgIpc) is 2.95. The van der Waals surface area contributed by atoms with Crippen LogP contribution >= 0.6 is 0 Å². The molecule has 0 spiro atoms. The van der Waals surface area contributed by atoms with Crippen LogP contribution < -0.4 is 4.90 Å². The van der Waals surface area contributed by atoms with Gasteiger partial charge in [0.15, 0.2) is 6.61 Å². The number of para-hydroxylation sites is 1. The molecular weight excluding hydrogens is 348 g/mol. The van der Waals surface area contributed by atoms with Gasteiger partial charge in [-0.1, -0.05) is 30.3 Å². The van der Waals surface area contributed by atoms with E-state index in [0.29, 0.717) is 16.8 Å². The summed E-state index contributed by atoms with van der Waals surface area (Å²) in [6.07, 6.45) is -0.173. The monoisotopic (exact) mass is 366 g/mol. The van der Waals surface area contributed by atoms with Crippen molar-refractivity contribution in [3.05, 3.63) is 65.7 Å². The van der Waals surface area contributed by atoms with Crippen molar-refractivity contribution in [2.24, 2.45) is 0 Å². The quantitative estimate of drug-likeness (QED) is 0.576. The van der Waals surface area contributed by atoms with Gasteiger partial charge in [-0.25, -0.2) is 0 Å². The first kappa shape index (κ1) is 18.3. The molecule has 0 unspecified atom stereocenters. The smallest absolute Gasteiger partial charge is 0.308 e. The summed E-state index contributed by atoms with van der Waals surface area (Å²) in [4.78, 5) is 50.9. The largest absolute Gasteiger partial charge is 0.455 e. The lowest BCUT2D eigenvalue weighted by Gasteiger charge is -2.17. The van der Waals surface area contributed by atoms with E-state index in [0.717, 1.165) is 4.90 Å². The van der Waals surface area contributed by atoms with Gasteiger partial charge in [0.25, 0.3) is 17.7 Å². The maximum atomic E-state index is 12.2. The standard InChI is InChI=1S/C20H18N2O5/c1-21(14-7-3-2-4-8-14)17(23)13-27-18(24)11-12-22-19(25)15-9-5-6-10-16(15)20(22)26/h2-10H,11-13H2,1H3. The third-order valence-corrected chi connectivity index (χ3v) is 4.29. The molecule has 138 valence electrons. The van der Waals surface area contributed by atoms with E-state index in [1.165, 1.54) is 4.90 Å². The summed E-state index contributed by atoms with van der Waals surface area (Å²) in [5.74, 6) is -1.89. The average molecular weight is 366 g/mol. The number of imide groups is 1. The van der Waals surface area contributed by atoms with Crippen molar-refractivity contribution in [1.82, 2.24) is 4.90 Å². The van der Waals surface area contributed by atoms with E-state index in [1.54, 1.807) is 55.6 Å². The van der Waals surface area contributed by atoms with Gasteiger partial charge < -0.3 is 9.64 Å². The van der Waals surface area contributed by atoms with Gasteiger partial charge in [0.05, 0.1) is 17.5 Å². The van der Waals surface area contributed by atoms with E-state index >= 15 is 0 Å². The Morgan fingerprint density at radius 2 is 1.48 bits per heavy atom. The van der Waals surface area contributed by atoms with E-state index in [9.17, 15) is 19.2 Å². The topological polar surface area (TPSA) is 84.0 Å². The maximum absolute atomic E-state index is 12.2. The number of esters is 1. The highest BCUT2D eigenvalue weighted by Gasteiger charge is 2.35. The third-order valence-electron chi connectivity index (χ3n) is 4.29. The van der Waals surface area contributed by atoms with Crippen molar-refractivity contribution in [2.75, 3.05) is 25.1 Å². The van der Waals surface area contributed by atoms with Gasteiger partial charge in [0, 0.05) is 19.3 Å². The fourth-order valence-electron chi connectivity index (χ4n) is 2.75. The second kappa shape index (κ2) is 7.82. The molecule has 0 fully saturated rings. The minimum Gasteiger partial charge on any atom is -0.455 e. The van der Waals surface area contributed by atoms with Crippen LogP contribution in [0.3, 0.4) is 0 Å². The van der Waals surface area contributed by atoms with E-state index in [4.69, 9.17) is 4.74 Å². The lowest BCUT2D eigenvalue weighted by Crippen LogP contribution is -2.34. The number of hydrogen-bond donors (Lipinski definition) is 0. The van der Waals surface area contributed by atoms with Crippen LogP contribution in [0.1, 0.15) is 27.1 Å². The van der Waals surface area contributed by atoms with E-state index in [-0.39, 0.29) is 18.9 Å². The number of carbonyl (C=O) groups is 4. The number of carbonyl (C=O) groups excluding carboxylic acids is 4. The molecule has 7 nitrogen and oxygen atoms in total. The van der Waals surface area contributed by atoms with Crippen LogP contribution in [0.5, 0.6) is 0 Å². The fraction of sp³-hybridized carbons (Fsp3) is 0.200. The Morgan fingerprint density at radius 1 is 0.926 bits per heavy atom. The molecule has 1 aliphatic rings. The molecule has 0 N–H and O–H groups in total. The number of hydrogen-bond acceptors (Lipinski definition) is 5. The Hall–Kier alpha value is -3.48. The highest BCUT2D eigenvalue weighted by Crippen LogP contribution is 2.22. The van der Waals surface area contributed by atoms with Gasteiger partial charge in [-0.05, 0) is 24.3 Å². The van der Waals surface area contributed by atoms with Crippen LogP contribution in [0, 0.1) is 0 Å². The molecule has 0 aromatic heterocycles. The normalized spacial score (nSPS) is 12.7. The van der Waals surface area contributed by atoms with Gasteiger partial charge in [-0.3, -0.25) is 24.1 Å². The van der Waals surface area contributed by atoms with E-state index in [1.807, 2.05) is 6.07 Å². The minimum absolute atomic E-state index is 0.0894. The highest BCUT2D eigenvalue weighted by atomic mass is 16.5. The summed E-state index contributed by atoms with van der Waals surface area (Å²) in [6, 6.07) is 15.5. The number of likely N-dealkylation sites (N-methyl/N-ethyl adjacent to an activating group) is 1. The molecule has 7 heteroatoms. The van der Waals surface area contributed by atoms with Gasteiger partial charge in [-0.2, -0.15) is 0 Å².